The Labute approximate surface area is 92.8 Å². The normalized spacial score (nSPS) is 10.2. The SMILES string of the molecule is Nc1ccc(-c2cc(O)cc(O)c2)c(N)c1. The van der Waals surface area contributed by atoms with Crippen molar-refractivity contribution in [1.82, 2.24) is 0 Å². The number of phenolic OH excluding ortho intramolecular Hbond substituents is 2. The quantitative estimate of drug-likeness (QED) is 0.548. The second-order valence-corrected chi connectivity index (χ2v) is 3.58. The molecule has 2 aromatic rings. The maximum absolute atomic E-state index is 9.38. The lowest BCUT2D eigenvalue weighted by atomic mass is 10.0. The third kappa shape index (κ3) is 1.86. The largest absolute Gasteiger partial charge is 0.508 e. The summed E-state index contributed by atoms with van der Waals surface area (Å²) in [4.78, 5) is 0. The van der Waals surface area contributed by atoms with E-state index < -0.39 is 0 Å². The molecule has 0 amide bonds. The molecular formula is C12H12N2O2. The van der Waals surface area contributed by atoms with Crippen LogP contribution in [-0.4, -0.2) is 10.2 Å². The fraction of sp³-hybridized carbons (Fsp3) is 0. The maximum Gasteiger partial charge on any atom is 0.119 e. The first-order valence-corrected chi connectivity index (χ1v) is 4.74. The molecule has 0 radical (unpaired) electrons. The monoisotopic (exact) mass is 216 g/mol. The van der Waals surface area contributed by atoms with Gasteiger partial charge in [0.2, 0.25) is 0 Å². The number of hydrogen-bond donors (Lipinski definition) is 4. The number of anilines is 2. The Morgan fingerprint density at radius 3 is 2.00 bits per heavy atom. The molecule has 2 aromatic carbocycles. The summed E-state index contributed by atoms with van der Waals surface area (Å²) in [7, 11) is 0. The molecular weight excluding hydrogens is 204 g/mol. The van der Waals surface area contributed by atoms with E-state index in [-0.39, 0.29) is 11.5 Å². The van der Waals surface area contributed by atoms with Crippen molar-refractivity contribution in [2.24, 2.45) is 0 Å². The third-order valence-electron chi connectivity index (χ3n) is 2.29. The summed E-state index contributed by atoms with van der Waals surface area (Å²) in [6.07, 6.45) is 0. The van der Waals surface area contributed by atoms with Gasteiger partial charge in [-0.2, -0.15) is 0 Å². The van der Waals surface area contributed by atoms with Crippen LogP contribution in [-0.2, 0) is 0 Å². The molecule has 0 aliphatic rings. The Bertz CT molecular complexity index is 518. The van der Waals surface area contributed by atoms with Gasteiger partial charge >= 0.3 is 0 Å². The summed E-state index contributed by atoms with van der Waals surface area (Å²) in [5, 5.41) is 18.8. The minimum Gasteiger partial charge on any atom is -0.508 e. The van der Waals surface area contributed by atoms with Gasteiger partial charge in [-0.3, -0.25) is 0 Å². The predicted octanol–water partition coefficient (Wildman–Crippen LogP) is 1.93. The van der Waals surface area contributed by atoms with E-state index >= 15 is 0 Å². The van der Waals surface area contributed by atoms with Crippen LogP contribution in [0.4, 0.5) is 11.4 Å². The fourth-order valence-corrected chi connectivity index (χ4v) is 1.59. The van der Waals surface area contributed by atoms with Crippen LogP contribution < -0.4 is 11.5 Å². The first-order chi connectivity index (χ1) is 7.56. The standard InChI is InChI=1S/C12H12N2O2/c13-8-1-2-11(12(14)5-8)7-3-9(15)6-10(16)4-7/h1-6,15-16H,13-14H2. The van der Waals surface area contributed by atoms with Gasteiger partial charge in [0.25, 0.3) is 0 Å². The molecule has 0 atom stereocenters. The van der Waals surface area contributed by atoms with Crippen molar-refractivity contribution < 1.29 is 10.2 Å². The average molecular weight is 216 g/mol. The molecule has 2 rings (SSSR count). The molecule has 0 aliphatic heterocycles. The Morgan fingerprint density at radius 1 is 0.812 bits per heavy atom. The van der Waals surface area contributed by atoms with E-state index in [1.54, 1.807) is 18.2 Å². The number of benzene rings is 2. The number of hydrogen-bond acceptors (Lipinski definition) is 4. The summed E-state index contributed by atoms with van der Waals surface area (Å²) < 4.78 is 0. The van der Waals surface area contributed by atoms with Crippen LogP contribution in [0, 0.1) is 0 Å². The second-order valence-electron chi connectivity index (χ2n) is 3.58. The summed E-state index contributed by atoms with van der Waals surface area (Å²) in [6, 6.07) is 9.42. The Morgan fingerprint density at radius 2 is 1.44 bits per heavy atom. The molecule has 0 unspecified atom stereocenters. The Balaban J connectivity index is 2.58. The molecule has 0 spiro atoms. The van der Waals surface area contributed by atoms with E-state index in [1.165, 1.54) is 18.2 Å². The van der Waals surface area contributed by atoms with Gasteiger partial charge in [-0.25, -0.2) is 0 Å². The van der Waals surface area contributed by atoms with E-state index in [0.717, 1.165) is 5.56 Å². The van der Waals surface area contributed by atoms with Gasteiger partial charge in [-0.15, -0.1) is 0 Å². The van der Waals surface area contributed by atoms with Crippen molar-refractivity contribution in [1.29, 1.82) is 0 Å². The highest BCUT2D eigenvalue weighted by atomic mass is 16.3. The summed E-state index contributed by atoms with van der Waals surface area (Å²) in [5.41, 5.74) is 13.8. The smallest absolute Gasteiger partial charge is 0.119 e. The number of phenols is 2. The zero-order valence-electron chi connectivity index (χ0n) is 8.51. The highest BCUT2D eigenvalue weighted by Crippen LogP contribution is 2.32. The van der Waals surface area contributed by atoms with Gasteiger partial charge in [-0.05, 0) is 29.8 Å². The molecule has 0 aliphatic carbocycles. The molecule has 0 bridgehead atoms. The number of nitrogen functional groups attached to an aromatic ring is 2. The molecule has 16 heavy (non-hydrogen) atoms. The number of aromatic hydroxyl groups is 2. The van der Waals surface area contributed by atoms with E-state index in [9.17, 15) is 10.2 Å². The van der Waals surface area contributed by atoms with Crippen molar-refractivity contribution in [3.63, 3.8) is 0 Å². The average Bonchev–Trinajstić information content (AvgIpc) is 2.15. The van der Waals surface area contributed by atoms with Crippen LogP contribution in [0.15, 0.2) is 36.4 Å². The van der Waals surface area contributed by atoms with E-state index in [2.05, 4.69) is 0 Å². The van der Waals surface area contributed by atoms with E-state index in [1.807, 2.05) is 0 Å². The minimum absolute atomic E-state index is 0.00812. The van der Waals surface area contributed by atoms with Gasteiger partial charge in [0.05, 0.1) is 0 Å². The first-order valence-electron chi connectivity index (χ1n) is 4.74. The molecule has 82 valence electrons. The lowest BCUT2D eigenvalue weighted by Crippen LogP contribution is -1.93. The Hall–Kier alpha value is -2.36. The van der Waals surface area contributed by atoms with Crippen LogP contribution in [0.3, 0.4) is 0 Å². The molecule has 4 heteroatoms. The molecule has 6 N–H and O–H groups in total. The van der Waals surface area contributed by atoms with Crippen LogP contribution in [0.5, 0.6) is 11.5 Å². The van der Waals surface area contributed by atoms with E-state index in [0.29, 0.717) is 16.9 Å². The van der Waals surface area contributed by atoms with Crippen LogP contribution >= 0.6 is 0 Å². The van der Waals surface area contributed by atoms with Crippen molar-refractivity contribution >= 4 is 11.4 Å². The topological polar surface area (TPSA) is 92.5 Å². The lowest BCUT2D eigenvalue weighted by Gasteiger charge is -2.07. The highest BCUT2D eigenvalue weighted by Gasteiger charge is 2.05. The third-order valence-corrected chi connectivity index (χ3v) is 2.29. The van der Waals surface area contributed by atoms with Crippen molar-refractivity contribution in [2.75, 3.05) is 11.5 Å². The van der Waals surface area contributed by atoms with Gasteiger partial charge < -0.3 is 21.7 Å². The van der Waals surface area contributed by atoms with Gasteiger partial charge in [0.1, 0.15) is 11.5 Å². The van der Waals surface area contributed by atoms with Gasteiger partial charge in [0, 0.05) is 23.0 Å². The van der Waals surface area contributed by atoms with Crippen LogP contribution in [0.25, 0.3) is 11.1 Å². The molecule has 0 saturated heterocycles. The molecule has 0 heterocycles. The maximum atomic E-state index is 9.38. The number of nitrogens with two attached hydrogens (primary N) is 2. The van der Waals surface area contributed by atoms with Crippen molar-refractivity contribution in [3.05, 3.63) is 36.4 Å². The van der Waals surface area contributed by atoms with Crippen molar-refractivity contribution in [2.45, 2.75) is 0 Å². The lowest BCUT2D eigenvalue weighted by molar-refractivity contribution is 0.451. The summed E-state index contributed by atoms with van der Waals surface area (Å²) in [6.45, 7) is 0. The highest BCUT2D eigenvalue weighted by molar-refractivity contribution is 5.80. The summed E-state index contributed by atoms with van der Waals surface area (Å²) >= 11 is 0. The molecule has 0 aromatic heterocycles. The minimum atomic E-state index is -0.00812. The predicted molar refractivity (Wildman–Crippen MR) is 64.0 cm³/mol. The molecule has 4 nitrogen and oxygen atoms in total. The second kappa shape index (κ2) is 3.66. The Kier molecular flexibility index (Phi) is 2.32. The van der Waals surface area contributed by atoms with Gasteiger partial charge in [0.15, 0.2) is 0 Å². The fourth-order valence-electron chi connectivity index (χ4n) is 1.59. The summed E-state index contributed by atoms with van der Waals surface area (Å²) in [5.74, 6) is -0.0162. The zero-order valence-corrected chi connectivity index (χ0v) is 8.51. The zero-order chi connectivity index (χ0) is 11.7. The molecule has 0 fully saturated rings. The van der Waals surface area contributed by atoms with Crippen LogP contribution in [0.2, 0.25) is 0 Å². The van der Waals surface area contributed by atoms with Crippen LogP contribution in [0.1, 0.15) is 0 Å². The van der Waals surface area contributed by atoms with E-state index in [4.69, 9.17) is 11.5 Å². The first kappa shape index (κ1) is 10.2. The number of rotatable bonds is 1. The van der Waals surface area contributed by atoms with Crippen molar-refractivity contribution in [3.8, 4) is 22.6 Å². The molecule has 0 saturated carbocycles. The van der Waals surface area contributed by atoms with Gasteiger partial charge in [-0.1, -0.05) is 6.07 Å².